The van der Waals surface area contributed by atoms with Gasteiger partial charge in [-0.25, -0.2) is 4.79 Å². The third-order valence-corrected chi connectivity index (χ3v) is 3.92. The van der Waals surface area contributed by atoms with E-state index in [1.807, 2.05) is 27.9 Å². The van der Waals surface area contributed by atoms with Gasteiger partial charge in [-0.05, 0) is 30.0 Å². The Kier molecular flexibility index (Phi) is 7.74. The number of benzene rings is 1. The smallest absolute Gasteiger partial charge is 0.314 e. The van der Waals surface area contributed by atoms with Gasteiger partial charge in [0.05, 0.1) is 6.10 Å². The minimum atomic E-state index is -0.491. The lowest BCUT2D eigenvalue weighted by Gasteiger charge is -2.17. The number of aliphatic hydroxyl groups excluding tert-OH is 1. The largest absolute Gasteiger partial charge is 0.391 e. The van der Waals surface area contributed by atoms with Crippen LogP contribution in [0.15, 0.2) is 24.3 Å². The van der Waals surface area contributed by atoms with Crippen molar-refractivity contribution in [2.45, 2.75) is 32.8 Å². The fourth-order valence-electron chi connectivity index (χ4n) is 2.01. The highest BCUT2D eigenvalue weighted by Gasteiger charge is 2.12. The minimum Gasteiger partial charge on any atom is -0.391 e. The summed E-state index contributed by atoms with van der Waals surface area (Å²) in [5.41, 5.74) is 2.35. The summed E-state index contributed by atoms with van der Waals surface area (Å²) in [4.78, 5) is 13.7. The van der Waals surface area contributed by atoms with Crippen LogP contribution in [-0.4, -0.2) is 44.4 Å². The van der Waals surface area contributed by atoms with Crippen molar-refractivity contribution in [1.82, 2.24) is 10.6 Å². The summed E-state index contributed by atoms with van der Waals surface area (Å²) in [6.45, 7) is 4.86. The van der Waals surface area contributed by atoms with E-state index >= 15 is 0 Å². The number of carbonyl (C=O) groups is 1. The average Bonchev–Trinajstić information content (AvgIpc) is 2.52. The number of nitrogens with zero attached hydrogens (tertiary/aromatic N) is 1. The van der Waals surface area contributed by atoms with Crippen LogP contribution in [0.5, 0.6) is 0 Å². The lowest BCUT2D eigenvalue weighted by Crippen LogP contribution is -2.42. The molecule has 0 aliphatic rings. The zero-order valence-corrected chi connectivity index (χ0v) is 14.1. The van der Waals surface area contributed by atoms with Crippen molar-refractivity contribution < 1.29 is 9.90 Å². The molecule has 0 radical (unpaired) electrons. The molecule has 0 heterocycles. The van der Waals surface area contributed by atoms with E-state index in [0.29, 0.717) is 13.1 Å². The Morgan fingerprint density at radius 3 is 2.41 bits per heavy atom. The van der Waals surface area contributed by atoms with Crippen LogP contribution in [-0.2, 0) is 6.42 Å². The standard InChI is InChI=1S/C17H29N3O2/c1-5-13(2)16(21)12-19-17(22)18-11-10-14-6-8-15(9-7-14)20(3)4/h6-9,13,16,21H,5,10-12H2,1-4H3,(H2,18,19,22). The number of amides is 2. The monoisotopic (exact) mass is 307 g/mol. The molecular weight excluding hydrogens is 278 g/mol. The third-order valence-electron chi connectivity index (χ3n) is 3.92. The van der Waals surface area contributed by atoms with Crippen LogP contribution in [0.25, 0.3) is 0 Å². The normalized spacial score (nSPS) is 13.3. The van der Waals surface area contributed by atoms with Crippen LogP contribution in [0.2, 0.25) is 0 Å². The topological polar surface area (TPSA) is 64.6 Å². The molecule has 0 aliphatic carbocycles. The molecule has 124 valence electrons. The maximum absolute atomic E-state index is 11.7. The Morgan fingerprint density at radius 1 is 1.23 bits per heavy atom. The molecule has 0 aromatic heterocycles. The van der Waals surface area contributed by atoms with E-state index in [-0.39, 0.29) is 11.9 Å². The van der Waals surface area contributed by atoms with E-state index in [1.165, 1.54) is 5.56 Å². The first kappa shape index (κ1) is 18.3. The molecule has 5 heteroatoms. The quantitative estimate of drug-likeness (QED) is 0.688. The number of nitrogens with one attached hydrogen (secondary N) is 2. The molecule has 22 heavy (non-hydrogen) atoms. The third kappa shape index (κ3) is 6.35. The maximum atomic E-state index is 11.7. The number of rotatable bonds is 8. The molecule has 2 atom stereocenters. The fourth-order valence-corrected chi connectivity index (χ4v) is 2.01. The van der Waals surface area contributed by atoms with E-state index in [1.54, 1.807) is 0 Å². The molecular formula is C17H29N3O2. The molecule has 0 saturated carbocycles. The highest BCUT2D eigenvalue weighted by atomic mass is 16.3. The number of anilines is 1. The van der Waals surface area contributed by atoms with Gasteiger partial charge >= 0.3 is 6.03 Å². The molecule has 0 bridgehead atoms. The first-order chi connectivity index (χ1) is 10.4. The molecule has 0 fully saturated rings. The second-order valence-electron chi connectivity index (χ2n) is 5.90. The number of carbonyl (C=O) groups excluding carboxylic acids is 1. The van der Waals surface area contributed by atoms with E-state index < -0.39 is 6.10 Å². The Hall–Kier alpha value is -1.75. The molecule has 0 spiro atoms. The van der Waals surface area contributed by atoms with Crippen molar-refractivity contribution in [1.29, 1.82) is 0 Å². The van der Waals surface area contributed by atoms with Crippen LogP contribution in [0, 0.1) is 5.92 Å². The maximum Gasteiger partial charge on any atom is 0.314 e. The number of hydrogen-bond acceptors (Lipinski definition) is 3. The fraction of sp³-hybridized carbons (Fsp3) is 0.588. The van der Waals surface area contributed by atoms with Crippen LogP contribution in [0.1, 0.15) is 25.8 Å². The van der Waals surface area contributed by atoms with Gasteiger partial charge < -0.3 is 20.6 Å². The number of hydrogen-bond donors (Lipinski definition) is 3. The molecule has 1 rings (SSSR count). The molecule has 1 aromatic rings. The van der Waals surface area contributed by atoms with Crippen molar-refractivity contribution in [2.75, 3.05) is 32.1 Å². The van der Waals surface area contributed by atoms with Gasteiger partial charge in [-0.3, -0.25) is 0 Å². The number of urea groups is 1. The molecule has 5 nitrogen and oxygen atoms in total. The lowest BCUT2D eigenvalue weighted by molar-refractivity contribution is 0.114. The van der Waals surface area contributed by atoms with Crippen molar-refractivity contribution in [3.63, 3.8) is 0 Å². The van der Waals surface area contributed by atoms with Crippen molar-refractivity contribution >= 4 is 11.7 Å². The summed E-state index contributed by atoms with van der Waals surface area (Å²) >= 11 is 0. The summed E-state index contributed by atoms with van der Waals surface area (Å²) in [6, 6.07) is 8.05. The summed E-state index contributed by atoms with van der Waals surface area (Å²) in [6.07, 6.45) is 1.19. The first-order valence-electron chi connectivity index (χ1n) is 7.90. The van der Waals surface area contributed by atoms with Gasteiger partial charge in [-0.1, -0.05) is 32.4 Å². The van der Waals surface area contributed by atoms with Crippen LogP contribution in [0.3, 0.4) is 0 Å². The van der Waals surface area contributed by atoms with Gasteiger partial charge in [0.25, 0.3) is 0 Å². The van der Waals surface area contributed by atoms with Crippen molar-refractivity contribution in [2.24, 2.45) is 5.92 Å². The highest BCUT2D eigenvalue weighted by Crippen LogP contribution is 2.12. The number of aliphatic hydroxyl groups is 1. The van der Waals surface area contributed by atoms with Gasteiger partial charge in [-0.2, -0.15) is 0 Å². The zero-order chi connectivity index (χ0) is 16.5. The molecule has 2 amide bonds. The predicted octanol–water partition coefficient (Wildman–Crippen LogP) is 2.00. The van der Waals surface area contributed by atoms with Gasteiger partial charge in [0.1, 0.15) is 0 Å². The highest BCUT2D eigenvalue weighted by molar-refractivity contribution is 5.73. The summed E-state index contributed by atoms with van der Waals surface area (Å²) in [5, 5.41) is 15.3. The Balaban J connectivity index is 2.24. The molecule has 1 aromatic carbocycles. The van der Waals surface area contributed by atoms with Crippen LogP contribution in [0.4, 0.5) is 10.5 Å². The van der Waals surface area contributed by atoms with Gasteiger partial charge in [0, 0.05) is 32.9 Å². The van der Waals surface area contributed by atoms with Gasteiger partial charge in [-0.15, -0.1) is 0 Å². The van der Waals surface area contributed by atoms with Crippen molar-refractivity contribution in [3.05, 3.63) is 29.8 Å². The van der Waals surface area contributed by atoms with E-state index in [4.69, 9.17) is 0 Å². The van der Waals surface area contributed by atoms with Crippen LogP contribution >= 0.6 is 0 Å². The molecule has 3 N–H and O–H groups in total. The first-order valence-corrected chi connectivity index (χ1v) is 7.90. The SMILES string of the molecule is CCC(C)C(O)CNC(=O)NCCc1ccc(N(C)C)cc1. The second-order valence-corrected chi connectivity index (χ2v) is 5.90. The Morgan fingerprint density at radius 2 is 1.86 bits per heavy atom. The molecule has 2 unspecified atom stereocenters. The van der Waals surface area contributed by atoms with Crippen molar-refractivity contribution in [3.8, 4) is 0 Å². The van der Waals surface area contributed by atoms with Gasteiger partial charge in [0.15, 0.2) is 0 Å². The Bertz CT molecular complexity index is 446. The van der Waals surface area contributed by atoms with E-state index in [0.717, 1.165) is 18.5 Å². The van der Waals surface area contributed by atoms with Crippen LogP contribution < -0.4 is 15.5 Å². The lowest BCUT2D eigenvalue weighted by atomic mass is 10.0. The summed E-state index contributed by atoms with van der Waals surface area (Å²) < 4.78 is 0. The average molecular weight is 307 g/mol. The summed E-state index contributed by atoms with van der Waals surface area (Å²) in [5.74, 6) is 0.190. The summed E-state index contributed by atoms with van der Waals surface area (Å²) in [7, 11) is 4.02. The van der Waals surface area contributed by atoms with E-state index in [9.17, 15) is 9.90 Å². The zero-order valence-electron chi connectivity index (χ0n) is 14.1. The Labute approximate surface area is 133 Å². The minimum absolute atomic E-state index is 0.190. The second kappa shape index (κ2) is 9.30. The predicted molar refractivity (Wildman–Crippen MR) is 91.3 cm³/mol. The molecule has 0 saturated heterocycles. The van der Waals surface area contributed by atoms with E-state index in [2.05, 4.69) is 39.8 Å². The molecule has 0 aliphatic heterocycles. The van der Waals surface area contributed by atoms with Gasteiger partial charge in [0.2, 0.25) is 0 Å².